The van der Waals surface area contributed by atoms with Gasteiger partial charge in [0.25, 0.3) is 0 Å². The van der Waals surface area contributed by atoms with E-state index in [4.69, 9.17) is 21.3 Å². The van der Waals surface area contributed by atoms with Gasteiger partial charge in [0.1, 0.15) is 29.9 Å². The Morgan fingerprint density at radius 2 is 1.80 bits per heavy atom. The Kier molecular flexibility index (Phi) is 11.4. The minimum atomic E-state index is -0.689. The summed E-state index contributed by atoms with van der Waals surface area (Å²) in [7, 11) is 0. The van der Waals surface area contributed by atoms with E-state index in [0.29, 0.717) is 70.4 Å². The van der Waals surface area contributed by atoms with E-state index in [1.807, 2.05) is 36.0 Å². The third-order valence-corrected chi connectivity index (χ3v) is 8.59. The molecule has 0 spiro atoms. The van der Waals surface area contributed by atoms with Gasteiger partial charge in [-0.1, -0.05) is 42.3 Å². The summed E-state index contributed by atoms with van der Waals surface area (Å²) in [4.78, 5) is 20.0. The van der Waals surface area contributed by atoms with Crippen LogP contribution in [0.25, 0.3) is 16.6 Å². The molecule has 1 amide bonds. The first-order valence-corrected chi connectivity index (χ1v) is 16.3. The van der Waals surface area contributed by atoms with Crippen LogP contribution in [0.15, 0.2) is 90.6 Å². The molecule has 7 nitrogen and oxygen atoms in total. The van der Waals surface area contributed by atoms with Gasteiger partial charge in [0.2, 0.25) is 6.41 Å². The molecule has 2 aromatic heterocycles. The number of nitrogens with zero attached hydrogens (tertiary/aromatic N) is 4. The number of imidazole rings is 2. The summed E-state index contributed by atoms with van der Waals surface area (Å²) in [6, 6.07) is 12.4. The van der Waals surface area contributed by atoms with Crippen molar-refractivity contribution in [2.75, 3.05) is 5.32 Å². The maximum Gasteiger partial charge on any atom is 0.211 e. The largest absolute Gasteiger partial charge is 0.493 e. The molecule has 0 aliphatic rings. The summed E-state index contributed by atoms with van der Waals surface area (Å²) in [6.45, 7) is 8.77. The zero-order chi connectivity index (χ0) is 35.1. The molecular formula is C38H37ClF3N5O2. The third kappa shape index (κ3) is 8.32. The average Bonchev–Trinajstić information content (AvgIpc) is 3.67. The lowest BCUT2D eigenvalue weighted by molar-refractivity contribution is -0.105. The lowest BCUT2D eigenvalue weighted by Crippen LogP contribution is -2.11. The van der Waals surface area contributed by atoms with E-state index in [9.17, 15) is 9.18 Å². The van der Waals surface area contributed by atoms with E-state index in [0.717, 1.165) is 16.8 Å². The van der Waals surface area contributed by atoms with Gasteiger partial charge in [0.15, 0.2) is 0 Å². The highest BCUT2D eigenvalue weighted by molar-refractivity contribution is 6.30. The molecule has 0 aliphatic carbocycles. The van der Waals surface area contributed by atoms with Crippen molar-refractivity contribution in [3.63, 3.8) is 0 Å². The number of hydrogen-bond acceptors (Lipinski definition) is 4. The molecule has 1 N–H and O–H groups in total. The number of nitrogens with one attached hydrogen (secondary N) is 1. The van der Waals surface area contributed by atoms with E-state index < -0.39 is 17.5 Å². The molecule has 11 heteroatoms. The lowest BCUT2D eigenvalue weighted by Gasteiger charge is -2.14. The predicted molar refractivity (Wildman–Crippen MR) is 188 cm³/mol. The number of aryl methyl sites for hydroxylation is 1. The number of amides is 1. The van der Waals surface area contributed by atoms with Gasteiger partial charge in [0.05, 0.1) is 35.4 Å². The molecule has 5 aromatic rings. The van der Waals surface area contributed by atoms with Crippen molar-refractivity contribution < 1.29 is 22.7 Å². The standard InChI is InChI=1S/C38H37ClF3N5O2/c1-5-24(3)31(9-7-8-25(4)49-21-26-10-11-28(39)16-33(26)40)27-14-34(41)32(35(42)15-27)18-38-45-36-17-29(44-23-48)12-13-37(36)47(38)20-30-19-43-22-46(30)6-2/h7-17,19,22-23H,5-6,18,20-21H2,1-4H3,(H,44,48)/b9-7-,25-8+,31-24-. The summed E-state index contributed by atoms with van der Waals surface area (Å²) >= 11 is 5.83. The molecule has 254 valence electrons. The molecule has 5 rings (SSSR count). The number of carbonyl (C=O) groups is 1. The molecule has 2 heterocycles. The van der Waals surface area contributed by atoms with Gasteiger partial charge in [-0.25, -0.2) is 23.1 Å². The van der Waals surface area contributed by atoms with Crippen molar-refractivity contribution in [1.29, 1.82) is 0 Å². The molecular weight excluding hydrogens is 651 g/mol. The second-order valence-corrected chi connectivity index (χ2v) is 12.0. The van der Waals surface area contributed by atoms with Crippen molar-refractivity contribution in [2.24, 2.45) is 0 Å². The van der Waals surface area contributed by atoms with Crippen LogP contribution >= 0.6 is 11.6 Å². The third-order valence-electron chi connectivity index (χ3n) is 8.35. The number of allylic oxidation sites excluding steroid dienone is 6. The molecule has 0 saturated carbocycles. The van der Waals surface area contributed by atoms with Crippen molar-refractivity contribution in [3.05, 3.63) is 141 Å². The monoisotopic (exact) mass is 687 g/mol. The summed E-state index contributed by atoms with van der Waals surface area (Å²) in [6.07, 6.45) is 9.88. The number of fused-ring (bicyclic) bond motifs is 1. The van der Waals surface area contributed by atoms with Gasteiger partial charge in [-0.05, 0) is 86.9 Å². The summed E-state index contributed by atoms with van der Waals surface area (Å²) in [5.74, 6) is -0.831. The number of aromatic nitrogens is 4. The van der Waals surface area contributed by atoms with Crippen LogP contribution in [0.2, 0.25) is 5.02 Å². The van der Waals surface area contributed by atoms with Crippen LogP contribution in [-0.4, -0.2) is 25.5 Å². The zero-order valence-electron chi connectivity index (χ0n) is 27.7. The molecule has 0 saturated heterocycles. The Labute approximate surface area is 288 Å². The number of ether oxygens (including phenoxy) is 1. The van der Waals surface area contributed by atoms with Crippen LogP contribution < -0.4 is 5.32 Å². The topological polar surface area (TPSA) is 74.0 Å². The molecule has 0 fully saturated rings. The van der Waals surface area contributed by atoms with E-state index in [2.05, 4.69) is 10.3 Å². The van der Waals surface area contributed by atoms with Crippen LogP contribution in [-0.2, 0) is 35.6 Å². The first-order chi connectivity index (χ1) is 23.6. The maximum absolute atomic E-state index is 15.9. The van der Waals surface area contributed by atoms with Gasteiger partial charge in [-0.3, -0.25) is 4.79 Å². The van der Waals surface area contributed by atoms with Gasteiger partial charge >= 0.3 is 0 Å². The second kappa shape index (κ2) is 15.9. The number of hydrogen-bond donors (Lipinski definition) is 1. The Hall–Kier alpha value is -5.09. The average molecular weight is 688 g/mol. The van der Waals surface area contributed by atoms with Crippen molar-refractivity contribution >= 4 is 40.3 Å². The summed E-state index contributed by atoms with van der Waals surface area (Å²) in [5, 5.41) is 2.93. The van der Waals surface area contributed by atoms with Gasteiger partial charge in [-0.15, -0.1) is 0 Å². The van der Waals surface area contributed by atoms with Gasteiger partial charge in [0, 0.05) is 41.0 Å². The first kappa shape index (κ1) is 35.2. The minimum absolute atomic E-state index is 0.0284. The van der Waals surface area contributed by atoms with E-state index in [1.54, 1.807) is 61.9 Å². The second-order valence-electron chi connectivity index (χ2n) is 11.6. The summed E-state index contributed by atoms with van der Waals surface area (Å²) in [5.41, 5.74) is 5.09. The predicted octanol–water partition coefficient (Wildman–Crippen LogP) is 9.39. The SMILES string of the molecule is CC/C(C)=C(/C=C\C=C(/C)OCc1ccc(Cl)cc1F)c1cc(F)c(Cc2nc3cc(NC=O)ccc3n2Cc2cncn2CC)c(F)c1. The number of benzene rings is 3. The number of carbonyl (C=O) groups excluding carboxylic acids is 1. The highest BCUT2D eigenvalue weighted by atomic mass is 35.5. The first-order valence-electron chi connectivity index (χ1n) is 15.9. The van der Waals surface area contributed by atoms with Crippen molar-refractivity contribution in [2.45, 2.75) is 60.2 Å². The maximum atomic E-state index is 15.9. The van der Waals surface area contributed by atoms with Crippen LogP contribution in [0, 0.1) is 17.5 Å². The Morgan fingerprint density at radius 1 is 1.02 bits per heavy atom. The minimum Gasteiger partial charge on any atom is -0.493 e. The number of rotatable bonds is 14. The van der Waals surface area contributed by atoms with Crippen LogP contribution in [0.3, 0.4) is 0 Å². The van der Waals surface area contributed by atoms with Crippen LogP contribution in [0.5, 0.6) is 0 Å². The number of anilines is 1. The molecule has 0 bridgehead atoms. The van der Waals surface area contributed by atoms with Crippen molar-refractivity contribution in [3.8, 4) is 0 Å². The fourth-order valence-corrected chi connectivity index (χ4v) is 5.65. The molecule has 0 unspecified atom stereocenters. The van der Waals surface area contributed by atoms with E-state index in [1.165, 1.54) is 18.2 Å². The highest BCUT2D eigenvalue weighted by Gasteiger charge is 2.20. The smallest absolute Gasteiger partial charge is 0.211 e. The Balaban J connectivity index is 1.42. The normalized spacial score (nSPS) is 12.5. The fraction of sp³-hybridized carbons (Fsp3) is 0.237. The van der Waals surface area contributed by atoms with Gasteiger partial charge < -0.3 is 19.2 Å². The Morgan fingerprint density at radius 3 is 2.49 bits per heavy atom. The molecule has 3 aromatic carbocycles. The van der Waals surface area contributed by atoms with E-state index in [-0.39, 0.29) is 18.6 Å². The Bertz CT molecular complexity index is 2060. The zero-order valence-corrected chi connectivity index (χ0v) is 28.5. The summed E-state index contributed by atoms with van der Waals surface area (Å²) < 4.78 is 55.5. The quantitative estimate of drug-likeness (QED) is 0.0717. The van der Waals surface area contributed by atoms with E-state index >= 15 is 8.78 Å². The fourth-order valence-electron chi connectivity index (χ4n) is 5.49. The van der Waals surface area contributed by atoms with Gasteiger partial charge in [-0.2, -0.15) is 0 Å². The highest BCUT2D eigenvalue weighted by Crippen LogP contribution is 2.29. The lowest BCUT2D eigenvalue weighted by atomic mass is 9.96. The van der Waals surface area contributed by atoms with Crippen LogP contribution in [0.4, 0.5) is 18.9 Å². The van der Waals surface area contributed by atoms with Crippen molar-refractivity contribution in [1.82, 2.24) is 19.1 Å². The molecule has 0 radical (unpaired) electrons. The molecule has 49 heavy (non-hydrogen) atoms. The molecule has 0 aliphatic heterocycles. The van der Waals surface area contributed by atoms with Crippen LogP contribution in [0.1, 0.15) is 62.3 Å². The molecule has 0 atom stereocenters. The number of halogens is 4.